The molecular weight excluding hydrogens is 675 g/mol. The first-order valence-electron chi connectivity index (χ1n) is 18.3. The number of aromatic nitrogens is 3. The molecule has 4 heteroatoms. The summed E-state index contributed by atoms with van der Waals surface area (Å²) in [6, 6.07) is 60.5. The Morgan fingerprint density at radius 3 is 1.78 bits per heavy atom. The maximum Gasteiger partial charge on any atom is 0.164 e. The zero-order valence-electron chi connectivity index (χ0n) is 29.1. The molecule has 0 spiro atoms. The largest absolute Gasteiger partial charge is 0.208 e. The van der Waals surface area contributed by atoms with Crippen LogP contribution < -0.4 is 10.4 Å². The van der Waals surface area contributed by atoms with Crippen LogP contribution in [0.5, 0.6) is 0 Å². The number of rotatable bonds is 5. The summed E-state index contributed by atoms with van der Waals surface area (Å²) in [4.78, 5) is 15.5. The van der Waals surface area contributed by atoms with Crippen LogP contribution in [-0.4, -0.2) is 15.0 Å². The Morgan fingerprint density at radius 1 is 0.389 bits per heavy atom. The first-order chi connectivity index (χ1) is 26.7. The average molecular weight is 706 g/mol. The summed E-state index contributed by atoms with van der Waals surface area (Å²) in [6.45, 7) is 0. The Balaban J connectivity index is 1.09. The number of hydrogen-bond donors (Lipinski definition) is 0. The van der Waals surface area contributed by atoms with Crippen molar-refractivity contribution in [3.05, 3.63) is 186 Å². The van der Waals surface area contributed by atoms with Gasteiger partial charge < -0.3 is 0 Å². The van der Waals surface area contributed by atoms with E-state index in [9.17, 15) is 0 Å². The molecule has 8 aromatic carbocycles. The van der Waals surface area contributed by atoms with Crippen LogP contribution in [0.2, 0.25) is 0 Å². The van der Waals surface area contributed by atoms with Crippen LogP contribution >= 0.6 is 11.3 Å². The number of thiophene rings is 1. The van der Waals surface area contributed by atoms with Crippen LogP contribution in [0.4, 0.5) is 0 Å². The molecule has 10 aromatic rings. The van der Waals surface area contributed by atoms with Gasteiger partial charge in [0.15, 0.2) is 17.5 Å². The third-order valence-corrected chi connectivity index (χ3v) is 11.9. The predicted octanol–water partition coefficient (Wildman–Crippen LogP) is 11.6. The van der Waals surface area contributed by atoms with E-state index in [1.54, 1.807) is 11.3 Å². The van der Waals surface area contributed by atoms with E-state index in [2.05, 4.69) is 176 Å². The fourth-order valence-electron chi connectivity index (χ4n) is 8.01. The Hall–Kier alpha value is -6.75. The Kier molecular flexibility index (Phi) is 7.10. The molecule has 0 saturated carbocycles. The molecule has 0 bridgehead atoms. The van der Waals surface area contributed by atoms with Crippen LogP contribution in [0, 0.1) is 0 Å². The van der Waals surface area contributed by atoms with Crippen molar-refractivity contribution in [1.29, 1.82) is 0 Å². The minimum atomic E-state index is 0.241. The smallest absolute Gasteiger partial charge is 0.164 e. The maximum atomic E-state index is 5.20. The minimum Gasteiger partial charge on any atom is -0.208 e. The van der Waals surface area contributed by atoms with Gasteiger partial charge in [-0.1, -0.05) is 164 Å². The topological polar surface area (TPSA) is 38.7 Å². The van der Waals surface area contributed by atoms with Gasteiger partial charge in [0, 0.05) is 42.8 Å². The molecule has 1 aliphatic rings. The van der Waals surface area contributed by atoms with Crippen LogP contribution in [0.3, 0.4) is 0 Å². The summed E-state index contributed by atoms with van der Waals surface area (Å²) in [6.07, 6.45) is 4.80. The maximum absolute atomic E-state index is 5.20. The van der Waals surface area contributed by atoms with Gasteiger partial charge in [0.05, 0.1) is 0 Å². The second kappa shape index (κ2) is 12.4. The minimum absolute atomic E-state index is 0.241. The molecule has 0 radical (unpaired) electrons. The Bertz CT molecular complexity index is 3200. The van der Waals surface area contributed by atoms with Crippen LogP contribution in [0.1, 0.15) is 11.5 Å². The van der Waals surface area contributed by atoms with Crippen molar-refractivity contribution in [1.82, 2.24) is 15.0 Å². The van der Waals surface area contributed by atoms with Gasteiger partial charge >= 0.3 is 0 Å². The first kappa shape index (κ1) is 30.8. The number of benzene rings is 8. The summed E-state index contributed by atoms with van der Waals surface area (Å²) in [5, 5.41) is 9.97. The number of hydrogen-bond acceptors (Lipinski definition) is 4. The highest BCUT2D eigenvalue weighted by Gasteiger charge is 2.17. The van der Waals surface area contributed by atoms with Crippen molar-refractivity contribution in [3.8, 4) is 45.3 Å². The molecule has 1 aliphatic carbocycles. The van der Waals surface area contributed by atoms with Crippen LogP contribution in [0.25, 0.3) is 99.2 Å². The summed E-state index contributed by atoms with van der Waals surface area (Å²) < 4.78 is 2.50. The zero-order chi connectivity index (χ0) is 35.6. The summed E-state index contributed by atoms with van der Waals surface area (Å²) in [7, 11) is 0. The quantitative estimate of drug-likeness (QED) is 0.167. The predicted molar refractivity (Wildman–Crippen MR) is 227 cm³/mol. The number of nitrogens with zero attached hydrogens (tertiary/aromatic N) is 3. The fraction of sp³-hybridized carbons (Fsp3) is 0.0200. The van der Waals surface area contributed by atoms with Crippen LogP contribution in [-0.2, 0) is 0 Å². The lowest BCUT2D eigenvalue weighted by molar-refractivity contribution is 1.08. The molecule has 0 N–H and O–H groups in total. The summed E-state index contributed by atoms with van der Waals surface area (Å²) in [5.41, 5.74) is 6.52. The SMILES string of the molecule is C1=c2ccc3ccc4ccc(-c5nc(-c6ccc(-c7ccccc7)cc6)nc(-c6ccc7c(c6)sc6ccccc67)n5)cc4c3c2=CC1c1ccccc1. The highest BCUT2D eigenvalue weighted by Crippen LogP contribution is 2.37. The molecule has 1 unspecified atom stereocenters. The highest BCUT2D eigenvalue weighted by molar-refractivity contribution is 7.25. The molecule has 2 heterocycles. The first-order valence-corrected chi connectivity index (χ1v) is 19.1. The molecule has 3 nitrogen and oxygen atoms in total. The van der Waals surface area contributed by atoms with Crippen molar-refractivity contribution in [3.63, 3.8) is 0 Å². The molecule has 0 amide bonds. The molecule has 2 aromatic heterocycles. The van der Waals surface area contributed by atoms with E-state index >= 15 is 0 Å². The highest BCUT2D eigenvalue weighted by atomic mass is 32.1. The summed E-state index contributed by atoms with van der Waals surface area (Å²) >= 11 is 1.81. The number of fused-ring (bicyclic) bond motifs is 8. The Morgan fingerprint density at radius 2 is 0.963 bits per heavy atom. The van der Waals surface area contributed by atoms with E-state index in [0.29, 0.717) is 17.5 Å². The van der Waals surface area contributed by atoms with Crippen molar-refractivity contribution < 1.29 is 0 Å². The lowest BCUT2D eigenvalue weighted by atomic mass is 9.97. The van der Waals surface area contributed by atoms with Gasteiger partial charge in [-0.2, -0.15) is 0 Å². The van der Waals surface area contributed by atoms with E-state index < -0.39 is 0 Å². The fourth-order valence-corrected chi connectivity index (χ4v) is 9.16. The van der Waals surface area contributed by atoms with Crippen molar-refractivity contribution >= 4 is 65.2 Å². The molecule has 54 heavy (non-hydrogen) atoms. The molecule has 252 valence electrons. The van der Waals surface area contributed by atoms with E-state index in [1.807, 2.05) is 6.07 Å². The average Bonchev–Trinajstić information content (AvgIpc) is 3.86. The lowest BCUT2D eigenvalue weighted by Gasteiger charge is -2.11. The Labute approximate surface area is 315 Å². The summed E-state index contributed by atoms with van der Waals surface area (Å²) in [5.74, 6) is 2.21. The third kappa shape index (κ3) is 5.22. The second-order valence-corrected chi connectivity index (χ2v) is 15.1. The molecular formula is C50H31N3S. The zero-order valence-corrected chi connectivity index (χ0v) is 30.0. The van der Waals surface area contributed by atoms with Gasteiger partial charge in [-0.3, -0.25) is 0 Å². The van der Waals surface area contributed by atoms with Gasteiger partial charge in [-0.25, -0.2) is 15.0 Å². The van der Waals surface area contributed by atoms with Crippen LogP contribution in [0.15, 0.2) is 170 Å². The lowest BCUT2D eigenvalue weighted by Crippen LogP contribution is -2.21. The van der Waals surface area contributed by atoms with Crippen molar-refractivity contribution in [2.75, 3.05) is 0 Å². The van der Waals surface area contributed by atoms with E-state index in [1.165, 1.54) is 63.3 Å². The molecule has 0 aliphatic heterocycles. The molecule has 0 saturated heterocycles. The van der Waals surface area contributed by atoms with Crippen molar-refractivity contribution in [2.24, 2.45) is 0 Å². The van der Waals surface area contributed by atoms with Gasteiger partial charge in [-0.15, -0.1) is 11.3 Å². The van der Waals surface area contributed by atoms with Gasteiger partial charge in [0.1, 0.15) is 0 Å². The monoisotopic (exact) mass is 705 g/mol. The molecule has 11 rings (SSSR count). The van der Waals surface area contributed by atoms with Gasteiger partial charge in [-0.05, 0) is 66.9 Å². The third-order valence-electron chi connectivity index (χ3n) is 10.7. The van der Waals surface area contributed by atoms with E-state index in [-0.39, 0.29) is 5.92 Å². The van der Waals surface area contributed by atoms with Gasteiger partial charge in [0.25, 0.3) is 0 Å². The van der Waals surface area contributed by atoms with Crippen molar-refractivity contribution in [2.45, 2.75) is 5.92 Å². The normalized spacial score (nSPS) is 13.7. The van der Waals surface area contributed by atoms with Gasteiger partial charge in [0.2, 0.25) is 0 Å². The van der Waals surface area contributed by atoms with E-state index in [0.717, 1.165) is 22.3 Å². The molecule has 1 atom stereocenters. The molecule has 0 fully saturated rings. The standard InChI is InChI=1S/C50H31N3S/c1-3-9-31(10-4-1)33-15-21-36(22-16-33)48-51-49(53-50(52-48)39-25-26-42-41-13-7-8-14-45(41)54-46(42)30-39)38-24-18-34-17-19-35-20-23-37-27-40(32-11-5-2-6-12-32)29-44(37)47(35)43(34)28-38/h1-30,40H. The second-order valence-electron chi connectivity index (χ2n) is 14.0. The van der Waals surface area contributed by atoms with E-state index in [4.69, 9.17) is 15.0 Å².